The highest BCUT2D eigenvalue weighted by molar-refractivity contribution is 7.88. The SMILES string of the molecule is CC1CCc2c(C(=O)N3CCC(N(C)S(C)(=O)=O)CC3)csc2C1. The minimum absolute atomic E-state index is 0.00119. The average molecular weight is 371 g/mol. The summed E-state index contributed by atoms with van der Waals surface area (Å²) in [5.41, 5.74) is 2.15. The second-order valence-electron chi connectivity index (χ2n) is 7.20. The summed E-state index contributed by atoms with van der Waals surface area (Å²) < 4.78 is 24.8. The Morgan fingerprint density at radius 1 is 1.29 bits per heavy atom. The molecule has 1 unspecified atom stereocenters. The number of amides is 1. The van der Waals surface area contributed by atoms with E-state index in [-0.39, 0.29) is 11.9 Å². The van der Waals surface area contributed by atoms with Crippen molar-refractivity contribution in [2.75, 3.05) is 26.4 Å². The maximum absolute atomic E-state index is 12.9. The molecule has 2 aliphatic rings. The number of hydrogen-bond acceptors (Lipinski definition) is 4. The van der Waals surface area contributed by atoms with Crippen molar-refractivity contribution in [3.8, 4) is 0 Å². The second kappa shape index (κ2) is 6.77. The van der Waals surface area contributed by atoms with Crippen LogP contribution < -0.4 is 0 Å². The Labute approximate surface area is 148 Å². The molecular weight excluding hydrogens is 344 g/mol. The fraction of sp³-hybridized carbons (Fsp3) is 0.706. The van der Waals surface area contributed by atoms with E-state index >= 15 is 0 Å². The van der Waals surface area contributed by atoms with E-state index in [4.69, 9.17) is 0 Å². The van der Waals surface area contributed by atoms with Gasteiger partial charge in [-0.05, 0) is 43.6 Å². The standard InChI is InChI=1S/C17H26N2O3S2/c1-12-4-5-14-15(11-23-16(14)10-12)17(20)19-8-6-13(7-9-19)18(2)24(3,21)22/h11-13H,4-10H2,1-3H3. The number of likely N-dealkylation sites (tertiary alicyclic amines) is 1. The van der Waals surface area contributed by atoms with Gasteiger partial charge >= 0.3 is 0 Å². The first kappa shape index (κ1) is 17.9. The molecule has 2 heterocycles. The van der Waals surface area contributed by atoms with E-state index in [9.17, 15) is 13.2 Å². The third-order valence-corrected chi connectivity index (χ3v) is 7.82. The molecule has 7 heteroatoms. The average Bonchev–Trinajstić information content (AvgIpc) is 2.95. The van der Waals surface area contributed by atoms with Gasteiger partial charge in [0, 0.05) is 36.4 Å². The Kier molecular flexibility index (Phi) is 5.04. The number of piperidine rings is 1. The minimum Gasteiger partial charge on any atom is -0.338 e. The summed E-state index contributed by atoms with van der Waals surface area (Å²) in [6.07, 6.45) is 5.91. The van der Waals surface area contributed by atoms with Gasteiger partial charge in [-0.3, -0.25) is 4.79 Å². The van der Waals surface area contributed by atoms with Crippen LogP contribution >= 0.6 is 11.3 Å². The summed E-state index contributed by atoms with van der Waals surface area (Å²) in [4.78, 5) is 16.2. The highest BCUT2D eigenvalue weighted by Gasteiger charge is 2.31. The Balaban J connectivity index is 1.66. The van der Waals surface area contributed by atoms with Gasteiger partial charge in [0.25, 0.3) is 5.91 Å². The first-order valence-electron chi connectivity index (χ1n) is 8.59. The Morgan fingerprint density at radius 3 is 2.58 bits per heavy atom. The number of carbonyl (C=O) groups is 1. The molecule has 1 amide bonds. The van der Waals surface area contributed by atoms with Crippen LogP contribution in [-0.2, 0) is 22.9 Å². The molecule has 1 aromatic heterocycles. The zero-order valence-electron chi connectivity index (χ0n) is 14.6. The number of nitrogens with zero attached hydrogens (tertiary/aromatic N) is 2. The summed E-state index contributed by atoms with van der Waals surface area (Å²) in [5, 5.41) is 2.03. The molecule has 1 atom stereocenters. The van der Waals surface area contributed by atoms with Crippen molar-refractivity contribution in [3.05, 3.63) is 21.4 Å². The zero-order chi connectivity index (χ0) is 17.5. The topological polar surface area (TPSA) is 57.7 Å². The van der Waals surface area contributed by atoms with Crippen LogP contribution in [0.5, 0.6) is 0 Å². The molecule has 3 rings (SSSR count). The van der Waals surface area contributed by atoms with E-state index < -0.39 is 10.0 Å². The highest BCUT2D eigenvalue weighted by atomic mass is 32.2. The lowest BCUT2D eigenvalue weighted by molar-refractivity contribution is 0.0685. The fourth-order valence-corrected chi connectivity index (χ4v) is 5.72. The smallest absolute Gasteiger partial charge is 0.254 e. The van der Waals surface area contributed by atoms with Crippen LogP contribution in [0.2, 0.25) is 0 Å². The van der Waals surface area contributed by atoms with Gasteiger partial charge in [0.15, 0.2) is 0 Å². The molecule has 0 aromatic carbocycles. The normalized spacial score (nSPS) is 22.7. The Hall–Kier alpha value is -0.920. The fourth-order valence-electron chi connectivity index (χ4n) is 3.73. The van der Waals surface area contributed by atoms with Crippen molar-refractivity contribution in [1.29, 1.82) is 0 Å². The molecule has 0 spiro atoms. The highest BCUT2D eigenvalue weighted by Crippen LogP contribution is 2.33. The quantitative estimate of drug-likeness (QED) is 0.821. The van der Waals surface area contributed by atoms with Gasteiger partial charge in [0.2, 0.25) is 10.0 Å². The predicted molar refractivity (Wildman–Crippen MR) is 97.0 cm³/mol. The molecule has 0 bridgehead atoms. The summed E-state index contributed by atoms with van der Waals surface area (Å²) in [5.74, 6) is 0.837. The lowest BCUT2D eigenvalue weighted by Gasteiger charge is -2.35. The molecular formula is C17H26N2O3S2. The molecule has 1 aromatic rings. The molecule has 1 aliphatic carbocycles. The van der Waals surface area contributed by atoms with Crippen molar-refractivity contribution in [1.82, 2.24) is 9.21 Å². The molecule has 5 nitrogen and oxygen atoms in total. The molecule has 0 radical (unpaired) electrons. The third kappa shape index (κ3) is 3.53. The maximum Gasteiger partial charge on any atom is 0.254 e. The number of sulfonamides is 1. The summed E-state index contributed by atoms with van der Waals surface area (Å²) in [6, 6.07) is 0.00119. The second-order valence-corrected chi connectivity index (χ2v) is 10.2. The zero-order valence-corrected chi connectivity index (χ0v) is 16.3. The van der Waals surface area contributed by atoms with Crippen LogP contribution in [0.3, 0.4) is 0 Å². The molecule has 1 aliphatic heterocycles. The van der Waals surface area contributed by atoms with Gasteiger partial charge in [-0.2, -0.15) is 0 Å². The number of rotatable bonds is 3. The lowest BCUT2D eigenvalue weighted by atomic mass is 9.88. The maximum atomic E-state index is 12.9. The van der Waals surface area contributed by atoms with Crippen LogP contribution in [0.25, 0.3) is 0 Å². The largest absolute Gasteiger partial charge is 0.338 e. The molecule has 0 N–H and O–H groups in total. The predicted octanol–water partition coefficient (Wildman–Crippen LogP) is 2.37. The number of hydrogen-bond donors (Lipinski definition) is 0. The van der Waals surface area contributed by atoms with E-state index in [1.165, 1.54) is 21.0 Å². The lowest BCUT2D eigenvalue weighted by Crippen LogP contribution is -2.47. The number of thiophene rings is 1. The molecule has 1 fully saturated rings. The third-order valence-electron chi connectivity index (χ3n) is 5.42. The van der Waals surface area contributed by atoms with Gasteiger partial charge < -0.3 is 4.90 Å². The molecule has 1 saturated heterocycles. The van der Waals surface area contributed by atoms with Gasteiger partial charge in [0.1, 0.15) is 0 Å². The van der Waals surface area contributed by atoms with Crippen LogP contribution in [0.15, 0.2) is 5.38 Å². The first-order chi connectivity index (χ1) is 11.3. The number of fused-ring (bicyclic) bond motifs is 1. The molecule has 134 valence electrons. The van der Waals surface area contributed by atoms with Crippen molar-refractivity contribution < 1.29 is 13.2 Å². The van der Waals surface area contributed by atoms with E-state index in [1.807, 2.05) is 10.3 Å². The van der Waals surface area contributed by atoms with E-state index in [2.05, 4.69) is 6.92 Å². The van der Waals surface area contributed by atoms with E-state index in [0.29, 0.717) is 31.8 Å². The minimum atomic E-state index is -3.17. The van der Waals surface area contributed by atoms with Crippen molar-refractivity contribution in [3.63, 3.8) is 0 Å². The van der Waals surface area contributed by atoms with Crippen molar-refractivity contribution in [2.45, 2.75) is 45.1 Å². The van der Waals surface area contributed by atoms with Crippen molar-refractivity contribution >= 4 is 27.3 Å². The Bertz CT molecular complexity index is 718. The number of carbonyl (C=O) groups excluding carboxylic acids is 1. The van der Waals surface area contributed by atoms with Crippen LogP contribution in [0.1, 0.15) is 47.0 Å². The first-order valence-corrected chi connectivity index (χ1v) is 11.3. The van der Waals surface area contributed by atoms with Gasteiger partial charge in [0.05, 0.1) is 11.8 Å². The van der Waals surface area contributed by atoms with E-state index in [1.54, 1.807) is 18.4 Å². The van der Waals surface area contributed by atoms with Crippen molar-refractivity contribution in [2.24, 2.45) is 5.92 Å². The Morgan fingerprint density at radius 2 is 1.96 bits per heavy atom. The van der Waals surface area contributed by atoms with Gasteiger partial charge in [-0.1, -0.05) is 6.92 Å². The molecule has 0 saturated carbocycles. The van der Waals surface area contributed by atoms with E-state index in [0.717, 1.165) is 24.8 Å². The van der Waals surface area contributed by atoms with Gasteiger partial charge in [-0.15, -0.1) is 11.3 Å². The molecule has 24 heavy (non-hydrogen) atoms. The summed E-state index contributed by atoms with van der Waals surface area (Å²) in [7, 11) is -1.54. The summed E-state index contributed by atoms with van der Waals surface area (Å²) in [6.45, 7) is 3.53. The van der Waals surface area contributed by atoms with Crippen LogP contribution in [0, 0.1) is 5.92 Å². The monoisotopic (exact) mass is 370 g/mol. The van der Waals surface area contributed by atoms with Gasteiger partial charge in [-0.25, -0.2) is 12.7 Å². The summed E-state index contributed by atoms with van der Waals surface area (Å²) >= 11 is 1.72. The van der Waals surface area contributed by atoms with Crippen LogP contribution in [0.4, 0.5) is 0 Å². The van der Waals surface area contributed by atoms with Crippen LogP contribution in [-0.4, -0.2) is 56.0 Å².